The third kappa shape index (κ3) is 1.77. The van der Waals surface area contributed by atoms with Crippen molar-refractivity contribution in [1.82, 2.24) is 4.98 Å². The first-order valence-corrected chi connectivity index (χ1v) is 4.84. The highest BCUT2D eigenvalue weighted by molar-refractivity contribution is 9.10. The zero-order valence-electron chi connectivity index (χ0n) is 7.50. The fraction of sp³-hybridized carbons (Fsp3) is 0.444. The molecule has 0 fully saturated rings. The Kier molecular flexibility index (Phi) is 1.95. The van der Waals surface area contributed by atoms with Gasteiger partial charge in [-0.3, -0.25) is 0 Å². The molecule has 0 atom stereocenters. The summed E-state index contributed by atoms with van der Waals surface area (Å²) in [5.74, 6) is 1.27. The van der Waals surface area contributed by atoms with Gasteiger partial charge >= 0.3 is 0 Å². The van der Waals surface area contributed by atoms with Gasteiger partial charge in [0.05, 0.1) is 0 Å². The fourth-order valence-electron chi connectivity index (χ4n) is 1.16. The third-order valence-electron chi connectivity index (χ3n) is 1.73. The molecular weight excluding hydrogens is 234 g/mol. The lowest BCUT2D eigenvalue weighted by atomic mass is 10.1. The molecule has 3 nitrogen and oxygen atoms in total. The van der Waals surface area contributed by atoms with Gasteiger partial charge in [-0.05, 0) is 41.9 Å². The number of hydrogen-bond acceptors (Lipinski definition) is 3. The summed E-state index contributed by atoms with van der Waals surface area (Å²) in [7, 11) is 0. The van der Waals surface area contributed by atoms with Crippen molar-refractivity contribution in [1.29, 1.82) is 0 Å². The van der Waals surface area contributed by atoms with E-state index in [1.807, 2.05) is 26.0 Å². The highest BCUT2D eigenvalue weighted by Gasteiger charge is 2.28. The Morgan fingerprint density at radius 2 is 2.23 bits per heavy atom. The van der Waals surface area contributed by atoms with E-state index in [2.05, 4.69) is 20.9 Å². The van der Waals surface area contributed by atoms with Crippen LogP contribution in [0.5, 0.6) is 11.6 Å². The van der Waals surface area contributed by atoms with Crippen LogP contribution in [0.1, 0.15) is 13.8 Å². The predicted octanol–water partition coefficient (Wildman–Crippen LogP) is 2.39. The van der Waals surface area contributed by atoms with Crippen LogP contribution in [-0.2, 0) is 0 Å². The Bertz CT molecular complexity index is 338. The molecule has 0 amide bonds. The molecule has 1 aliphatic heterocycles. The van der Waals surface area contributed by atoms with Gasteiger partial charge < -0.3 is 9.47 Å². The van der Waals surface area contributed by atoms with Crippen molar-refractivity contribution < 1.29 is 9.47 Å². The van der Waals surface area contributed by atoms with Gasteiger partial charge in [0.25, 0.3) is 5.88 Å². The molecular formula is C9H10BrNO2. The maximum atomic E-state index is 5.67. The topological polar surface area (TPSA) is 31.4 Å². The summed E-state index contributed by atoms with van der Waals surface area (Å²) in [5, 5.41) is 0. The van der Waals surface area contributed by atoms with Crippen LogP contribution in [0.3, 0.4) is 0 Å². The van der Waals surface area contributed by atoms with Crippen LogP contribution in [0, 0.1) is 0 Å². The number of hydrogen-bond donors (Lipinski definition) is 0. The first-order valence-electron chi connectivity index (χ1n) is 4.05. The molecule has 1 aliphatic rings. The Balaban J connectivity index is 2.37. The molecule has 0 saturated heterocycles. The van der Waals surface area contributed by atoms with Crippen LogP contribution in [-0.4, -0.2) is 17.2 Å². The van der Waals surface area contributed by atoms with E-state index in [1.54, 1.807) is 0 Å². The van der Waals surface area contributed by atoms with Crippen molar-refractivity contribution in [2.75, 3.05) is 6.61 Å². The Morgan fingerprint density at radius 3 is 3.00 bits per heavy atom. The van der Waals surface area contributed by atoms with E-state index in [4.69, 9.17) is 9.47 Å². The van der Waals surface area contributed by atoms with Gasteiger partial charge in [0, 0.05) is 0 Å². The molecule has 0 unspecified atom stereocenters. The normalized spacial score (nSPS) is 18.4. The lowest BCUT2D eigenvalue weighted by Crippen LogP contribution is -2.38. The molecule has 2 rings (SSSR count). The van der Waals surface area contributed by atoms with Crippen LogP contribution >= 0.6 is 15.9 Å². The number of pyridine rings is 1. The highest BCUT2D eigenvalue weighted by atomic mass is 79.9. The number of fused-ring (bicyclic) bond motifs is 1. The molecule has 13 heavy (non-hydrogen) atoms. The highest BCUT2D eigenvalue weighted by Crippen LogP contribution is 2.34. The molecule has 4 heteroatoms. The van der Waals surface area contributed by atoms with E-state index >= 15 is 0 Å². The molecule has 0 radical (unpaired) electrons. The molecule has 2 heterocycles. The number of aromatic nitrogens is 1. The largest absolute Gasteiger partial charge is 0.479 e. The Hall–Kier alpha value is -0.770. The van der Waals surface area contributed by atoms with Crippen LogP contribution in [0.15, 0.2) is 16.7 Å². The van der Waals surface area contributed by atoms with Gasteiger partial charge in [-0.2, -0.15) is 0 Å². The molecule has 0 N–H and O–H groups in total. The van der Waals surface area contributed by atoms with Crippen LogP contribution in [0.25, 0.3) is 0 Å². The monoisotopic (exact) mass is 243 g/mol. The van der Waals surface area contributed by atoms with Crippen molar-refractivity contribution >= 4 is 15.9 Å². The quantitative estimate of drug-likeness (QED) is 0.656. The van der Waals surface area contributed by atoms with E-state index in [-0.39, 0.29) is 5.60 Å². The lowest BCUT2D eigenvalue weighted by Gasteiger charge is -2.31. The van der Waals surface area contributed by atoms with E-state index in [9.17, 15) is 0 Å². The van der Waals surface area contributed by atoms with Gasteiger partial charge in [-0.25, -0.2) is 4.98 Å². The predicted molar refractivity (Wildman–Crippen MR) is 52.1 cm³/mol. The van der Waals surface area contributed by atoms with Gasteiger partial charge in [0.2, 0.25) is 0 Å². The average Bonchev–Trinajstić information content (AvgIpc) is 2.05. The SMILES string of the molecule is CC1(C)COc2nc(Br)ccc2O1. The summed E-state index contributed by atoms with van der Waals surface area (Å²) in [5.41, 5.74) is -0.261. The minimum absolute atomic E-state index is 0.261. The first-order chi connectivity index (χ1) is 6.07. The lowest BCUT2D eigenvalue weighted by molar-refractivity contribution is 0.0176. The van der Waals surface area contributed by atoms with E-state index < -0.39 is 0 Å². The number of rotatable bonds is 0. The second-order valence-electron chi connectivity index (χ2n) is 3.59. The van der Waals surface area contributed by atoms with E-state index in [1.165, 1.54) is 0 Å². The van der Waals surface area contributed by atoms with Gasteiger partial charge in [0.1, 0.15) is 16.8 Å². The van der Waals surface area contributed by atoms with Gasteiger partial charge in [-0.1, -0.05) is 0 Å². The van der Waals surface area contributed by atoms with Crippen molar-refractivity contribution in [2.45, 2.75) is 19.4 Å². The summed E-state index contributed by atoms with van der Waals surface area (Å²) in [6.45, 7) is 4.50. The zero-order valence-corrected chi connectivity index (χ0v) is 9.09. The molecule has 0 saturated carbocycles. The fourth-order valence-corrected chi connectivity index (χ4v) is 1.45. The Morgan fingerprint density at radius 1 is 1.46 bits per heavy atom. The van der Waals surface area contributed by atoms with Gasteiger partial charge in [-0.15, -0.1) is 0 Å². The minimum atomic E-state index is -0.261. The summed E-state index contributed by atoms with van der Waals surface area (Å²) >= 11 is 3.27. The van der Waals surface area contributed by atoms with E-state index in [0.29, 0.717) is 18.2 Å². The van der Waals surface area contributed by atoms with Crippen molar-refractivity contribution in [3.63, 3.8) is 0 Å². The first kappa shape index (κ1) is 8.81. The van der Waals surface area contributed by atoms with Crippen LogP contribution < -0.4 is 9.47 Å². The van der Waals surface area contributed by atoms with Crippen molar-refractivity contribution in [2.24, 2.45) is 0 Å². The van der Waals surface area contributed by atoms with Gasteiger partial charge in [0.15, 0.2) is 5.75 Å². The molecule has 0 spiro atoms. The maximum absolute atomic E-state index is 5.67. The second-order valence-corrected chi connectivity index (χ2v) is 4.40. The molecule has 1 aromatic rings. The molecule has 0 aliphatic carbocycles. The number of nitrogens with zero attached hydrogens (tertiary/aromatic N) is 1. The molecule has 1 aromatic heterocycles. The maximum Gasteiger partial charge on any atom is 0.258 e. The standard InChI is InChI=1S/C9H10BrNO2/c1-9(2)5-12-8-6(13-9)3-4-7(10)11-8/h3-4H,5H2,1-2H3. The average molecular weight is 244 g/mol. The second kappa shape index (κ2) is 2.87. The summed E-state index contributed by atoms with van der Waals surface area (Å²) in [6, 6.07) is 3.69. The van der Waals surface area contributed by atoms with Crippen LogP contribution in [0.4, 0.5) is 0 Å². The summed E-state index contributed by atoms with van der Waals surface area (Å²) in [4.78, 5) is 4.15. The zero-order chi connectivity index (χ0) is 9.47. The van der Waals surface area contributed by atoms with E-state index in [0.717, 1.165) is 4.60 Å². The Labute approximate surface area is 85.2 Å². The van der Waals surface area contributed by atoms with Crippen molar-refractivity contribution in [3.8, 4) is 11.6 Å². The van der Waals surface area contributed by atoms with Crippen molar-refractivity contribution in [3.05, 3.63) is 16.7 Å². The third-order valence-corrected chi connectivity index (χ3v) is 2.18. The minimum Gasteiger partial charge on any atom is -0.479 e. The van der Waals surface area contributed by atoms with Crippen LogP contribution in [0.2, 0.25) is 0 Å². The summed E-state index contributed by atoms with van der Waals surface area (Å²) in [6.07, 6.45) is 0. The summed E-state index contributed by atoms with van der Waals surface area (Å²) < 4.78 is 11.9. The smallest absolute Gasteiger partial charge is 0.258 e. The number of ether oxygens (including phenoxy) is 2. The number of halogens is 1. The molecule has 0 bridgehead atoms. The molecule has 0 aromatic carbocycles. The molecule has 70 valence electrons.